The van der Waals surface area contributed by atoms with E-state index in [1.54, 1.807) is 65.9 Å². The highest BCUT2D eigenvalue weighted by Crippen LogP contribution is 2.15. The molecule has 0 atom stereocenters. The summed E-state index contributed by atoms with van der Waals surface area (Å²) in [4.78, 5) is 11.1. The number of halogens is 3. The van der Waals surface area contributed by atoms with Gasteiger partial charge in [0.05, 0.1) is 28.7 Å². The molecule has 80 heavy (non-hydrogen) atoms. The molecule has 0 N–H and O–H groups in total. The molecule has 0 unspecified atom stereocenters. The summed E-state index contributed by atoms with van der Waals surface area (Å²) in [5.41, 5.74) is 10.3. The lowest BCUT2D eigenvalue weighted by Crippen LogP contribution is -1.86. The number of nitrogens with zero attached hydrogens (tertiary/aromatic N) is 13. The number of nitro groups is 1. The minimum absolute atomic E-state index is 0.144. The Morgan fingerprint density at radius 3 is 1.34 bits per heavy atom. The molecular weight excluding hydrogens is 1110 g/mol. The van der Waals surface area contributed by atoms with Gasteiger partial charge in [0, 0.05) is 84.4 Å². The van der Waals surface area contributed by atoms with Crippen LogP contribution in [0.15, 0.2) is 193 Å². The van der Waals surface area contributed by atoms with Crippen LogP contribution in [0.25, 0.3) is 11.3 Å². The van der Waals surface area contributed by atoms with E-state index in [1.807, 2.05) is 185 Å². The third kappa shape index (κ3) is 33.6. The minimum atomic E-state index is -0.403. The van der Waals surface area contributed by atoms with Crippen LogP contribution in [-0.4, -0.2) is 64.9 Å². The molecule has 0 amide bonds. The molecule has 0 aliphatic heterocycles. The van der Waals surface area contributed by atoms with Gasteiger partial charge in [0.1, 0.15) is 5.69 Å². The van der Waals surface area contributed by atoms with Crippen LogP contribution in [0, 0.1) is 58.6 Å². The van der Waals surface area contributed by atoms with E-state index in [1.165, 1.54) is 39.3 Å². The van der Waals surface area contributed by atoms with Crippen molar-refractivity contribution < 1.29 is 4.92 Å². The van der Waals surface area contributed by atoms with Crippen LogP contribution in [-0.2, 0) is 28.2 Å². The summed E-state index contributed by atoms with van der Waals surface area (Å²) in [6, 6.07) is 46.0. The molecule has 0 saturated carbocycles. The molecule has 0 radical (unpaired) electrons. The lowest BCUT2D eigenvalue weighted by Gasteiger charge is -1.93. The second-order valence-electron chi connectivity index (χ2n) is 17.7. The van der Waals surface area contributed by atoms with Crippen LogP contribution in [0.3, 0.4) is 0 Å². The molecule has 5 aromatic carbocycles. The highest BCUT2D eigenvalue weighted by Gasteiger charge is 2.02. The van der Waals surface area contributed by atoms with E-state index < -0.39 is 4.92 Å². The summed E-state index contributed by atoms with van der Waals surface area (Å²) in [6.07, 6.45) is 9.11. The number of aryl methyl sites for hydroxylation is 11. The van der Waals surface area contributed by atoms with Crippen LogP contribution < -0.4 is 0 Å². The first-order valence-electron chi connectivity index (χ1n) is 24.9. The van der Waals surface area contributed by atoms with Crippen LogP contribution in [0.1, 0.15) is 63.8 Å². The van der Waals surface area contributed by atoms with E-state index in [0.717, 1.165) is 43.3 Å². The number of aromatic nitrogens is 12. The Labute approximate surface area is 494 Å². The van der Waals surface area contributed by atoms with Crippen LogP contribution >= 0.6 is 57.5 Å². The summed E-state index contributed by atoms with van der Waals surface area (Å²) in [5.74, 6) is 0.485. The lowest BCUT2D eigenvalue weighted by molar-refractivity contribution is -0.384. The smallest absolute Gasteiger partial charge is 0.258 e. The number of rotatable bonds is 3. The molecular formula is C60H72Cl3N13O2S2. The molecule has 0 spiro atoms. The number of thiophene rings is 2. The molecule has 0 aliphatic rings. The third-order valence-electron chi connectivity index (χ3n) is 9.72. The summed E-state index contributed by atoms with van der Waals surface area (Å²) in [6.45, 7) is 18.3. The van der Waals surface area contributed by atoms with E-state index in [0.29, 0.717) is 5.92 Å². The maximum absolute atomic E-state index is 10.1. The molecule has 20 heteroatoms. The zero-order valence-corrected chi connectivity index (χ0v) is 51.5. The van der Waals surface area contributed by atoms with E-state index in [9.17, 15) is 10.1 Å². The monoisotopic (exact) mass is 1180 g/mol. The van der Waals surface area contributed by atoms with E-state index in [-0.39, 0.29) is 5.69 Å². The van der Waals surface area contributed by atoms with E-state index in [4.69, 9.17) is 34.8 Å². The first kappa shape index (κ1) is 68.4. The van der Waals surface area contributed by atoms with Crippen molar-refractivity contribution in [2.45, 2.75) is 68.2 Å². The Hall–Kier alpha value is -7.67. The number of nitro benzene ring substituents is 1. The fourth-order valence-electron chi connectivity index (χ4n) is 5.48. The Morgan fingerprint density at radius 1 is 0.512 bits per heavy atom. The van der Waals surface area contributed by atoms with Crippen molar-refractivity contribution in [3.63, 3.8) is 0 Å². The topological polar surface area (TPSA) is 166 Å². The quantitative estimate of drug-likeness (QED) is 0.123. The standard InChI is InChI=1S/C9H9N3.3C7H7Cl.C7H7NO2.C6H11N3.2C5H6S.C4H7N3.C3H5N3/c1-12-7-9(10-11-12)8-5-3-2-4-6-8;2*1-6-2-4-7(8)5-3-6;1-6-3-2-4-7(8)5-6;1-6-2-4-7(5-3-6)8(9)10;1-5(2)6-4-9(3)8-7-6;1-5-2-3-6-4-5;1-5-3-2-4-6-5;1-4-3-7(2)6-5-4;1-6-3-2-4-5-6/h2-7H,1H3;3*2-5H,1H3;2-5H,1H3;4-5H,1-3H3;2*2-4H,1H3;3H,1-2H3;2-3H,1H3. The Morgan fingerprint density at radius 2 is 1.06 bits per heavy atom. The fraction of sp³-hybridized carbons (Fsp3) is 0.233. The molecule has 11 rings (SSSR count). The van der Waals surface area contributed by atoms with Crippen molar-refractivity contribution >= 4 is 63.2 Å². The number of hydrogen-bond donors (Lipinski definition) is 0. The van der Waals surface area contributed by atoms with Gasteiger partial charge in [0.15, 0.2) is 0 Å². The van der Waals surface area contributed by atoms with Crippen molar-refractivity contribution in [3.05, 3.63) is 262 Å². The first-order valence-corrected chi connectivity index (χ1v) is 27.8. The highest BCUT2D eigenvalue weighted by atomic mass is 35.5. The zero-order chi connectivity index (χ0) is 59.2. The largest absolute Gasteiger partial charge is 0.269 e. The second-order valence-corrected chi connectivity index (χ2v) is 21.0. The summed E-state index contributed by atoms with van der Waals surface area (Å²) in [5, 5.41) is 48.9. The summed E-state index contributed by atoms with van der Waals surface area (Å²) >= 11 is 20.4. The zero-order valence-electron chi connectivity index (χ0n) is 47.6. The van der Waals surface area contributed by atoms with Crippen LogP contribution in [0.2, 0.25) is 15.1 Å². The summed E-state index contributed by atoms with van der Waals surface area (Å²) in [7, 11) is 7.41. The summed E-state index contributed by atoms with van der Waals surface area (Å²) < 4.78 is 6.73. The van der Waals surface area contributed by atoms with Crippen LogP contribution in [0.5, 0.6) is 0 Å². The number of hydrogen-bond acceptors (Lipinski definition) is 12. The molecule has 422 valence electrons. The Bertz CT molecular complexity index is 3060. The minimum Gasteiger partial charge on any atom is -0.258 e. The normalized spacial score (nSPS) is 9.46. The number of benzene rings is 5. The Kier molecular flexibility index (Phi) is 33.9. The molecule has 0 saturated heterocycles. The third-order valence-corrected chi connectivity index (χ3v) is 12.1. The predicted molar refractivity (Wildman–Crippen MR) is 333 cm³/mol. The average molecular weight is 1180 g/mol. The molecule has 6 aromatic heterocycles. The van der Waals surface area contributed by atoms with Gasteiger partial charge in [-0.05, 0) is 130 Å². The highest BCUT2D eigenvalue weighted by molar-refractivity contribution is 7.09. The molecule has 0 aliphatic carbocycles. The maximum Gasteiger partial charge on any atom is 0.269 e. The van der Waals surface area contributed by atoms with Gasteiger partial charge in [-0.2, -0.15) is 11.3 Å². The van der Waals surface area contributed by atoms with Gasteiger partial charge in [-0.3, -0.25) is 28.8 Å². The molecule has 11 aromatic rings. The second kappa shape index (κ2) is 39.7. The maximum atomic E-state index is 10.1. The van der Waals surface area contributed by atoms with Gasteiger partial charge < -0.3 is 0 Å². The van der Waals surface area contributed by atoms with E-state index >= 15 is 0 Å². The predicted octanol–water partition coefficient (Wildman–Crippen LogP) is 16.3. The van der Waals surface area contributed by atoms with Gasteiger partial charge in [0.2, 0.25) is 0 Å². The first-order chi connectivity index (χ1) is 38.1. The van der Waals surface area contributed by atoms with Gasteiger partial charge in [-0.1, -0.05) is 171 Å². The van der Waals surface area contributed by atoms with Crippen molar-refractivity contribution in [3.8, 4) is 11.3 Å². The fourth-order valence-corrected chi connectivity index (χ4v) is 7.17. The molecule has 6 heterocycles. The number of non-ortho nitro benzene ring substituents is 1. The SMILES string of the molecule is CC(C)c1cn(C)nn1.Cc1ccc(Cl)cc1.Cc1ccc(Cl)cc1.Cc1ccc([N+](=O)[O-])cc1.Cc1cccc(Cl)c1.Cc1cccs1.Cc1ccsc1.Cc1cn(C)nn1.Cn1cc(-c2ccccc2)nn1.Cn1ccnn1. The van der Waals surface area contributed by atoms with E-state index in [2.05, 4.69) is 103 Å². The lowest BCUT2D eigenvalue weighted by atomic mass is 10.2. The molecule has 0 fully saturated rings. The van der Waals surface area contributed by atoms with Gasteiger partial charge >= 0.3 is 0 Å². The average Bonchev–Trinajstić information content (AvgIpc) is 4.33. The van der Waals surface area contributed by atoms with Crippen LogP contribution in [0.4, 0.5) is 5.69 Å². The van der Waals surface area contributed by atoms with Gasteiger partial charge in [0.25, 0.3) is 5.69 Å². The van der Waals surface area contributed by atoms with Crippen molar-refractivity contribution in [2.75, 3.05) is 0 Å². The van der Waals surface area contributed by atoms with Crippen molar-refractivity contribution in [1.82, 2.24) is 60.0 Å². The van der Waals surface area contributed by atoms with Crippen molar-refractivity contribution in [2.24, 2.45) is 28.2 Å². The van der Waals surface area contributed by atoms with Gasteiger partial charge in [-0.15, -0.1) is 31.7 Å². The molecule has 0 bridgehead atoms. The van der Waals surface area contributed by atoms with Crippen molar-refractivity contribution in [1.29, 1.82) is 0 Å². The molecule has 15 nitrogen and oxygen atoms in total. The van der Waals surface area contributed by atoms with Gasteiger partial charge in [-0.25, -0.2) is 0 Å². The Balaban J connectivity index is 0.000000306.